The van der Waals surface area contributed by atoms with Gasteiger partial charge in [-0.05, 0) is 47.2 Å². The maximum atomic E-state index is 13.3. The third kappa shape index (κ3) is 15.7. The monoisotopic (exact) mass is 966 g/mol. The van der Waals surface area contributed by atoms with Gasteiger partial charge in [-0.3, -0.25) is 4.79 Å². The molecule has 0 spiro atoms. The van der Waals surface area contributed by atoms with Crippen molar-refractivity contribution in [3.63, 3.8) is 0 Å². The third-order valence-corrected chi connectivity index (χ3v) is 12.1. The number of carbonyl (C=O) groups excluding carboxylic acids is 1. The number of hydrogen-bond acceptors (Lipinski definition) is 12. The highest BCUT2D eigenvalue weighted by atomic mass is 16.8. The summed E-state index contributed by atoms with van der Waals surface area (Å²) in [7, 11) is 0. The van der Waals surface area contributed by atoms with E-state index in [9.17, 15) is 4.79 Å². The second kappa shape index (κ2) is 27.3. The zero-order valence-electron chi connectivity index (χ0n) is 40.7. The lowest BCUT2D eigenvalue weighted by Crippen LogP contribution is -2.66. The normalized spacial score (nSPS) is 24.4. The second-order valence-corrected chi connectivity index (χ2v) is 18.0. The highest BCUT2D eigenvalue weighted by Crippen LogP contribution is 2.37. The van der Waals surface area contributed by atoms with Gasteiger partial charge < -0.3 is 52.1 Å². The minimum atomic E-state index is -1.21. The molecular formula is C59H66O12. The Morgan fingerprint density at radius 3 is 1.11 bits per heavy atom. The van der Waals surface area contributed by atoms with Crippen LogP contribution in [0.3, 0.4) is 0 Å². The van der Waals surface area contributed by atoms with Crippen LogP contribution in [0.4, 0.5) is 0 Å². The summed E-state index contributed by atoms with van der Waals surface area (Å²) in [6.07, 6.45) is -9.52. The van der Waals surface area contributed by atoms with Crippen molar-refractivity contribution in [2.75, 3.05) is 13.2 Å². The highest BCUT2D eigenvalue weighted by Gasteiger charge is 2.55. The van der Waals surface area contributed by atoms with Crippen molar-refractivity contribution in [2.24, 2.45) is 0 Å². The Morgan fingerprint density at radius 1 is 0.408 bits per heavy atom. The minimum absolute atomic E-state index is 0.0587. The Labute approximate surface area is 418 Å². The smallest absolute Gasteiger partial charge is 0.303 e. The largest absolute Gasteiger partial charge is 0.457 e. The van der Waals surface area contributed by atoms with Crippen molar-refractivity contribution in [3.05, 3.63) is 215 Å². The van der Waals surface area contributed by atoms with Crippen LogP contribution in [0.15, 0.2) is 182 Å². The Balaban J connectivity index is 1.19. The lowest BCUT2D eigenvalue weighted by Gasteiger charge is -2.50. The molecule has 0 aliphatic carbocycles. The number of rotatable bonds is 25. The summed E-state index contributed by atoms with van der Waals surface area (Å²) in [5.41, 5.74) is 5.69. The molecule has 2 heterocycles. The summed E-state index contributed by atoms with van der Waals surface area (Å²) in [5.74, 6) is -0.526. The van der Waals surface area contributed by atoms with Crippen molar-refractivity contribution in [3.8, 4) is 0 Å². The molecule has 374 valence electrons. The molecule has 0 saturated carbocycles. The molecule has 0 N–H and O–H groups in total. The molecule has 71 heavy (non-hydrogen) atoms. The van der Waals surface area contributed by atoms with Crippen molar-refractivity contribution >= 4 is 5.97 Å². The highest BCUT2D eigenvalue weighted by molar-refractivity contribution is 5.66. The van der Waals surface area contributed by atoms with E-state index in [1.165, 1.54) is 6.92 Å². The van der Waals surface area contributed by atoms with Crippen molar-refractivity contribution in [2.45, 2.75) is 128 Å². The molecule has 0 radical (unpaired) electrons. The summed E-state index contributed by atoms with van der Waals surface area (Å²) in [6.45, 7) is 6.82. The first-order chi connectivity index (χ1) is 34.9. The first-order valence-corrected chi connectivity index (χ1v) is 24.5. The number of esters is 1. The summed E-state index contributed by atoms with van der Waals surface area (Å²) >= 11 is 0. The van der Waals surface area contributed by atoms with Crippen molar-refractivity contribution in [1.82, 2.24) is 0 Å². The molecule has 2 saturated heterocycles. The lowest BCUT2D eigenvalue weighted by atomic mass is 9.95. The van der Waals surface area contributed by atoms with E-state index in [1.807, 2.05) is 196 Å². The fraction of sp³-hybridized carbons (Fsp3) is 0.373. The van der Waals surface area contributed by atoms with Gasteiger partial charge in [0.15, 0.2) is 18.7 Å². The van der Waals surface area contributed by atoms with Crippen LogP contribution in [-0.2, 0) is 96.5 Å². The Kier molecular flexibility index (Phi) is 19.9. The number of hydrogen-bond donors (Lipinski definition) is 0. The standard InChI is InChI=1S/C59H66O12/c1-42(2)67-58-56(65-38-48-30-18-8-19-31-48)54(64-37-47-28-16-7-17-29-47)53(51(70-58)41-62-35-45-24-12-5-13-25-45)71-59-57(66-39-49-32-20-9-21-33-49)55(68-43(3)60)52(63-36-46-26-14-6-15-27-46)50(69-59)40-61-34-44-22-10-4-11-23-44/h4-33,42,50-59H,34-41H2,1-3H3/t50-,51-,52+,53-,54+,55+,56-,57-,58-,59+/m1/s1. The van der Waals surface area contributed by atoms with Crippen molar-refractivity contribution < 1.29 is 56.9 Å². The molecule has 0 amide bonds. The number of benzene rings is 6. The molecule has 2 aliphatic heterocycles. The molecule has 12 heteroatoms. The molecule has 10 atom stereocenters. The van der Waals surface area contributed by atoms with Gasteiger partial charge in [0.2, 0.25) is 0 Å². The topological polar surface area (TPSA) is 119 Å². The summed E-state index contributed by atoms with van der Waals surface area (Å²) in [5, 5.41) is 0. The molecule has 0 unspecified atom stereocenters. The van der Waals surface area contributed by atoms with E-state index in [4.69, 9.17) is 52.1 Å². The van der Waals surface area contributed by atoms with Crippen LogP contribution in [0.5, 0.6) is 0 Å². The zero-order chi connectivity index (χ0) is 49.0. The van der Waals surface area contributed by atoms with Gasteiger partial charge in [0.25, 0.3) is 0 Å². The van der Waals surface area contributed by atoms with Gasteiger partial charge in [0, 0.05) is 6.92 Å². The van der Waals surface area contributed by atoms with E-state index in [0.29, 0.717) is 13.2 Å². The first-order valence-electron chi connectivity index (χ1n) is 24.5. The fourth-order valence-corrected chi connectivity index (χ4v) is 8.70. The maximum absolute atomic E-state index is 13.3. The quantitative estimate of drug-likeness (QED) is 0.0509. The fourth-order valence-electron chi connectivity index (χ4n) is 8.70. The summed E-state index contributed by atoms with van der Waals surface area (Å²) < 4.78 is 74.8. The van der Waals surface area contributed by atoms with E-state index in [1.54, 1.807) is 0 Å². The average Bonchev–Trinajstić information content (AvgIpc) is 3.39. The van der Waals surface area contributed by atoms with Crippen LogP contribution in [0.25, 0.3) is 0 Å². The van der Waals surface area contributed by atoms with Crippen LogP contribution in [-0.4, -0.2) is 86.7 Å². The van der Waals surface area contributed by atoms with Crippen molar-refractivity contribution in [1.29, 1.82) is 0 Å². The van der Waals surface area contributed by atoms with Crippen LogP contribution in [0.1, 0.15) is 54.2 Å². The summed E-state index contributed by atoms with van der Waals surface area (Å²) in [6, 6.07) is 59.2. The number of ether oxygens (including phenoxy) is 11. The Morgan fingerprint density at radius 2 is 0.732 bits per heavy atom. The van der Waals surface area contributed by atoms with Crippen LogP contribution in [0, 0.1) is 0 Å². The molecule has 2 fully saturated rings. The van der Waals surface area contributed by atoms with Gasteiger partial charge >= 0.3 is 5.97 Å². The third-order valence-electron chi connectivity index (χ3n) is 12.1. The van der Waals surface area contributed by atoms with Gasteiger partial charge in [-0.15, -0.1) is 0 Å². The van der Waals surface area contributed by atoms with E-state index < -0.39 is 67.4 Å². The van der Waals surface area contributed by atoms with Gasteiger partial charge in [0.1, 0.15) is 42.7 Å². The Hall–Kier alpha value is -5.61. The van der Waals surface area contributed by atoms with Gasteiger partial charge in [0.05, 0.1) is 59.0 Å². The van der Waals surface area contributed by atoms with Crippen LogP contribution < -0.4 is 0 Å². The predicted octanol–water partition coefficient (Wildman–Crippen LogP) is 9.95. The number of carbonyl (C=O) groups is 1. The van der Waals surface area contributed by atoms with Crippen LogP contribution >= 0.6 is 0 Å². The lowest BCUT2D eigenvalue weighted by molar-refractivity contribution is -0.377. The SMILES string of the molecule is CC(=O)O[C@H]1[C@@H](OCc2ccccc2)[C@@H](COCc2ccccc2)O[C@@H](O[C@H]2[C@H](OCc3ccccc3)[C@@H](OCc3ccccc3)[C@H](OC(C)C)O[C@@H]2COCc2ccccc2)[C@@H]1OCc1ccccc1. The van der Waals surface area contributed by atoms with Gasteiger partial charge in [-0.1, -0.05) is 182 Å². The zero-order valence-corrected chi connectivity index (χ0v) is 40.7. The van der Waals surface area contributed by atoms with Gasteiger partial charge in [-0.2, -0.15) is 0 Å². The van der Waals surface area contributed by atoms with E-state index in [2.05, 4.69) is 0 Å². The van der Waals surface area contributed by atoms with Crippen LogP contribution in [0.2, 0.25) is 0 Å². The van der Waals surface area contributed by atoms with E-state index in [0.717, 1.165) is 33.4 Å². The minimum Gasteiger partial charge on any atom is -0.457 e. The molecule has 6 aromatic carbocycles. The van der Waals surface area contributed by atoms with E-state index in [-0.39, 0.29) is 45.7 Å². The van der Waals surface area contributed by atoms with Gasteiger partial charge in [-0.25, -0.2) is 0 Å². The molecule has 2 aliphatic rings. The second-order valence-electron chi connectivity index (χ2n) is 18.0. The molecular weight excluding hydrogens is 901 g/mol. The Bertz CT molecular complexity index is 2400. The molecule has 0 aromatic heterocycles. The van der Waals surface area contributed by atoms with E-state index >= 15 is 0 Å². The maximum Gasteiger partial charge on any atom is 0.303 e. The predicted molar refractivity (Wildman–Crippen MR) is 266 cm³/mol. The summed E-state index contributed by atoms with van der Waals surface area (Å²) in [4.78, 5) is 13.3. The first kappa shape index (κ1) is 51.7. The molecule has 0 bridgehead atoms. The average molecular weight is 967 g/mol. The molecule has 12 nitrogen and oxygen atoms in total. The molecule has 6 aromatic rings. The molecule has 8 rings (SSSR count).